The van der Waals surface area contributed by atoms with Gasteiger partial charge in [-0.15, -0.1) is 11.8 Å². The van der Waals surface area contributed by atoms with Crippen LogP contribution >= 0.6 is 11.8 Å². The number of anilines is 1. The number of ether oxygens (including phenoxy) is 2. The monoisotopic (exact) mass is 339 g/mol. The first-order chi connectivity index (χ1) is 10.8. The van der Waals surface area contributed by atoms with Crippen LogP contribution in [0.2, 0.25) is 0 Å². The van der Waals surface area contributed by atoms with Crippen molar-refractivity contribution in [2.24, 2.45) is 0 Å². The van der Waals surface area contributed by atoms with Crippen LogP contribution in [0.5, 0.6) is 5.75 Å². The van der Waals surface area contributed by atoms with Crippen molar-refractivity contribution in [3.8, 4) is 5.75 Å². The van der Waals surface area contributed by atoms with E-state index in [0.29, 0.717) is 23.1 Å². The van der Waals surface area contributed by atoms with Crippen LogP contribution in [0, 0.1) is 0 Å². The molecule has 2 rings (SSSR count). The van der Waals surface area contributed by atoms with E-state index in [1.165, 1.54) is 30.0 Å². The molecule has 0 bridgehead atoms. The Morgan fingerprint density at radius 2 is 2.17 bits per heavy atom. The highest BCUT2D eigenvalue weighted by molar-refractivity contribution is 7.99. The second kappa shape index (κ2) is 7.08. The van der Waals surface area contributed by atoms with Crippen LogP contribution in [0.4, 0.5) is 10.5 Å². The van der Waals surface area contributed by atoms with Gasteiger partial charge < -0.3 is 14.8 Å². The number of hydrogen-bond donors (Lipinski definition) is 1. The summed E-state index contributed by atoms with van der Waals surface area (Å²) in [7, 11) is 1.52. The lowest BCUT2D eigenvalue weighted by Gasteiger charge is -2.27. The van der Waals surface area contributed by atoms with Gasteiger partial charge in [-0.2, -0.15) is 0 Å². The molecule has 2 amide bonds. The maximum Gasteiger partial charge on any atom is 0.411 e. The van der Waals surface area contributed by atoms with E-state index in [4.69, 9.17) is 9.47 Å². The van der Waals surface area contributed by atoms with Crippen molar-refractivity contribution in [3.05, 3.63) is 18.5 Å². The zero-order valence-corrected chi connectivity index (χ0v) is 14.5. The summed E-state index contributed by atoms with van der Waals surface area (Å²) in [5, 5.41) is 2.76. The van der Waals surface area contributed by atoms with E-state index >= 15 is 0 Å². The van der Waals surface area contributed by atoms with Gasteiger partial charge in [0, 0.05) is 18.0 Å². The van der Waals surface area contributed by atoms with Crippen LogP contribution in [0.25, 0.3) is 0 Å². The summed E-state index contributed by atoms with van der Waals surface area (Å²) in [4.78, 5) is 30.1. The fourth-order valence-electron chi connectivity index (χ4n) is 2.03. The quantitative estimate of drug-likeness (QED) is 0.910. The lowest BCUT2D eigenvalue weighted by molar-refractivity contribution is -0.120. The molecule has 1 aromatic heterocycles. The fraction of sp³-hybridized carbons (Fsp3) is 0.533. The Labute approximate surface area is 139 Å². The van der Waals surface area contributed by atoms with Crippen molar-refractivity contribution in [1.29, 1.82) is 0 Å². The standard InChI is InChI=1S/C15H21N3O4S/c1-15(2,3)22-14(20)18-9-23-8-11(18)13(19)17-10-7-16-6-5-12(10)21-4/h5-7,11H,8-9H2,1-4H3,(H,17,19)/t11-/m1/s1. The molecule has 1 aliphatic rings. The Kier molecular flexibility index (Phi) is 5.35. The van der Waals surface area contributed by atoms with Crippen molar-refractivity contribution in [3.63, 3.8) is 0 Å². The van der Waals surface area contributed by atoms with Gasteiger partial charge in [-0.3, -0.25) is 14.7 Å². The number of carbonyl (C=O) groups is 2. The van der Waals surface area contributed by atoms with Gasteiger partial charge in [0.05, 0.1) is 19.2 Å². The minimum absolute atomic E-state index is 0.285. The topological polar surface area (TPSA) is 80.8 Å². The maximum absolute atomic E-state index is 12.5. The normalized spacial score (nSPS) is 17.7. The Morgan fingerprint density at radius 3 is 2.83 bits per heavy atom. The van der Waals surface area contributed by atoms with Crippen molar-refractivity contribution in [2.45, 2.75) is 32.4 Å². The number of thioether (sulfide) groups is 1. The van der Waals surface area contributed by atoms with Crippen LogP contribution in [-0.2, 0) is 9.53 Å². The number of rotatable bonds is 3. The summed E-state index contributed by atoms with van der Waals surface area (Å²) in [6.07, 6.45) is 2.60. The molecular formula is C15H21N3O4S. The zero-order chi connectivity index (χ0) is 17.0. The van der Waals surface area contributed by atoms with Gasteiger partial charge in [0.1, 0.15) is 23.1 Å². The van der Waals surface area contributed by atoms with E-state index in [2.05, 4.69) is 10.3 Å². The third kappa shape index (κ3) is 4.51. The number of aromatic nitrogens is 1. The molecule has 0 unspecified atom stereocenters. The molecule has 1 N–H and O–H groups in total. The first kappa shape index (κ1) is 17.4. The molecule has 0 aliphatic carbocycles. The van der Waals surface area contributed by atoms with E-state index < -0.39 is 17.7 Å². The van der Waals surface area contributed by atoms with Crippen LogP contribution in [0.3, 0.4) is 0 Å². The lowest BCUT2D eigenvalue weighted by atomic mass is 10.2. The summed E-state index contributed by atoms with van der Waals surface area (Å²) >= 11 is 1.51. The molecule has 126 valence electrons. The minimum atomic E-state index is -0.599. The second-order valence-electron chi connectivity index (χ2n) is 6.03. The minimum Gasteiger partial charge on any atom is -0.494 e. The average Bonchev–Trinajstić information content (AvgIpc) is 2.95. The molecule has 23 heavy (non-hydrogen) atoms. The molecule has 0 radical (unpaired) electrons. The Balaban J connectivity index is 2.07. The smallest absolute Gasteiger partial charge is 0.411 e. The van der Waals surface area contributed by atoms with Crippen molar-refractivity contribution >= 4 is 29.4 Å². The molecule has 1 aliphatic heterocycles. The van der Waals surface area contributed by atoms with Crippen LogP contribution in [0.1, 0.15) is 20.8 Å². The highest BCUT2D eigenvalue weighted by atomic mass is 32.2. The van der Waals surface area contributed by atoms with E-state index in [-0.39, 0.29) is 5.91 Å². The summed E-state index contributed by atoms with van der Waals surface area (Å²) in [5.74, 6) is 1.18. The molecular weight excluding hydrogens is 318 g/mol. The van der Waals surface area contributed by atoms with Crippen LogP contribution < -0.4 is 10.1 Å². The van der Waals surface area contributed by atoms with E-state index in [1.54, 1.807) is 33.0 Å². The highest BCUT2D eigenvalue weighted by Crippen LogP contribution is 2.27. The number of pyridine rings is 1. The van der Waals surface area contributed by atoms with Gasteiger partial charge in [0.2, 0.25) is 5.91 Å². The zero-order valence-electron chi connectivity index (χ0n) is 13.7. The van der Waals surface area contributed by atoms with Gasteiger partial charge >= 0.3 is 6.09 Å². The molecule has 1 fully saturated rings. The van der Waals surface area contributed by atoms with Crippen molar-refractivity contribution in [1.82, 2.24) is 9.88 Å². The first-order valence-corrected chi connectivity index (χ1v) is 8.33. The molecule has 1 atom stereocenters. The van der Waals surface area contributed by atoms with Crippen LogP contribution in [-0.4, -0.2) is 52.3 Å². The predicted molar refractivity (Wildman–Crippen MR) is 88.6 cm³/mol. The SMILES string of the molecule is COc1ccncc1NC(=O)[C@H]1CSCN1C(=O)OC(C)(C)C. The molecule has 8 heteroatoms. The maximum atomic E-state index is 12.5. The third-order valence-corrected chi connectivity index (χ3v) is 4.08. The molecule has 0 saturated carbocycles. The summed E-state index contributed by atoms with van der Waals surface area (Å²) in [5.41, 5.74) is -0.126. The Bertz CT molecular complexity index is 588. The number of carbonyl (C=O) groups excluding carboxylic acids is 2. The first-order valence-electron chi connectivity index (χ1n) is 7.18. The van der Waals surface area contributed by atoms with E-state index in [9.17, 15) is 9.59 Å². The molecule has 0 aromatic carbocycles. The van der Waals surface area contributed by atoms with E-state index in [0.717, 1.165) is 0 Å². The van der Waals surface area contributed by atoms with E-state index in [1.807, 2.05) is 0 Å². The van der Waals surface area contributed by atoms with Gasteiger partial charge in [0.25, 0.3) is 0 Å². The molecule has 7 nitrogen and oxygen atoms in total. The Morgan fingerprint density at radius 1 is 1.43 bits per heavy atom. The van der Waals surface area contributed by atoms with Gasteiger partial charge in [-0.1, -0.05) is 0 Å². The van der Waals surface area contributed by atoms with Crippen molar-refractivity contribution < 1.29 is 19.1 Å². The summed E-state index contributed by atoms with van der Waals surface area (Å²) in [6.45, 7) is 5.39. The van der Waals surface area contributed by atoms with Crippen molar-refractivity contribution in [2.75, 3.05) is 24.1 Å². The average molecular weight is 339 g/mol. The van der Waals surface area contributed by atoms with Gasteiger partial charge in [-0.25, -0.2) is 4.79 Å². The lowest BCUT2D eigenvalue weighted by Crippen LogP contribution is -2.46. The molecule has 1 saturated heterocycles. The molecule has 2 heterocycles. The number of hydrogen-bond acceptors (Lipinski definition) is 6. The Hall–Kier alpha value is -1.96. The summed E-state index contributed by atoms with van der Waals surface area (Å²) in [6, 6.07) is 1.07. The van der Waals surface area contributed by atoms with Gasteiger partial charge in [-0.05, 0) is 20.8 Å². The highest BCUT2D eigenvalue weighted by Gasteiger charge is 2.37. The van der Waals surface area contributed by atoms with Crippen LogP contribution in [0.15, 0.2) is 18.5 Å². The molecule has 0 spiro atoms. The third-order valence-electron chi connectivity index (χ3n) is 3.07. The van der Waals surface area contributed by atoms with Gasteiger partial charge in [0.15, 0.2) is 0 Å². The fourth-order valence-corrected chi connectivity index (χ4v) is 3.17. The number of nitrogens with one attached hydrogen (secondary N) is 1. The number of methoxy groups -OCH3 is 1. The number of amides is 2. The number of nitrogens with zero attached hydrogens (tertiary/aromatic N) is 2. The second-order valence-corrected chi connectivity index (χ2v) is 7.03. The summed E-state index contributed by atoms with van der Waals surface area (Å²) < 4.78 is 10.5. The molecule has 1 aromatic rings. The predicted octanol–water partition coefficient (Wildman–Crippen LogP) is 2.34. The largest absolute Gasteiger partial charge is 0.494 e.